The third-order valence-corrected chi connectivity index (χ3v) is 4.88. The molecule has 1 aromatic rings. The molecule has 3 rings (SSSR count). The van der Waals surface area contributed by atoms with E-state index < -0.39 is 0 Å². The molecule has 1 saturated heterocycles. The van der Waals surface area contributed by atoms with Gasteiger partial charge in [-0.1, -0.05) is 12.8 Å². The zero-order chi connectivity index (χ0) is 17.1. The molecule has 1 saturated carbocycles. The topological polar surface area (TPSA) is 67.9 Å². The van der Waals surface area contributed by atoms with Crippen molar-refractivity contribution < 1.29 is 19.1 Å². The van der Waals surface area contributed by atoms with Crippen molar-refractivity contribution in [2.24, 2.45) is 5.92 Å². The molecule has 0 radical (unpaired) electrons. The fourth-order valence-corrected chi connectivity index (χ4v) is 3.51. The summed E-state index contributed by atoms with van der Waals surface area (Å²) in [4.78, 5) is 26.5. The largest absolute Gasteiger partial charge is 0.497 e. The van der Waals surface area contributed by atoms with Crippen LogP contribution < -0.4 is 19.7 Å². The lowest BCUT2D eigenvalue weighted by atomic mass is 10.1. The second-order valence-corrected chi connectivity index (χ2v) is 6.43. The van der Waals surface area contributed by atoms with E-state index in [2.05, 4.69) is 5.32 Å². The molecule has 6 heteroatoms. The molecular formula is C18H24N2O4. The van der Waals surface area contributed by atoms with E-state index >= 15 is 0 Å². The van der Waals surface area contributed by atoms with Gasteiger partial charge in [-0.05, 0) is 25.0 Å². The highest BCUT2D eigenvalue weighted by Gasteiger charge is 2.37. The highest BCUT2D eigenvalue weighted by Crippen LogP contribution is 2.35. The normalized spacial score (nSPS) is 21.2. The highest BCUT2D eigenvalue weighted by atomic mass is 16.5. The Morgan fingerprint density at radius 1 is 1.21 bits per heavy atom. The minimum Gasteiger partial charge on any atom is -0.497 e. The summed E-state index contributed by atoms with van der Waals surface area (Å²) < 4.78 is 10.6. The predicted molar refractivity (Wildman–Crippen MR) is 90.4 cm³/mol. The lowest BCUT2D eigenvalue weighted by Gasteiger charge is -2.20. The van der Waals surface area contributed by atoms with E-state index in [1.807, 2.05) is 0 Å². The van der Waals surface area contributed by atoms with Gasteiger partial charge in [-0.3, -0.25) is 9.59 Å². The number of benzene rings is 1. The Morgan fingerprint density at radius 3 is 2.62 bits per heavy atom. The zero-order valence-electron chi connectivity index (χ0n) is 14.2. The third kappa shape index (κ3) is 3.32. The standard InChI is InChI=1S/C18H24N2O4/c1-23-14-7-8-15(16(10-14)24-2)20-11-12(9-17(20)21)18(22)19-13-5-3-4-6-13/h7-8,10,12-13H,3-6,9,11H2,1-2H3,(H,19,22)/t12-/m1/s1. The number of anilines is 1. The van der Waals surface area contributed by atoms with Gasteiger partial charge >= 0.3 is 0 Å². The number of amides is 2. The van der Waals surface area contributed by atoms with Crippen molar-refractivity contribution in [2.75, 3.05) is 25.7 Å². The van der Waals surface area contributed by atoms with E-state index in [4.69, 9.17) is 9.47 Å². The lowest BCUT2D eigenvalue weighted by molar-refractivity contribution is -0.126. The summed E-state index contributed by atoms with van der Waals surface area (Å²) in [7, 11) is 3.14. The van der Waals surface area contributed by atoms with Gasteiger partial charge in [-0.15, -0.1) is 0 Å². The van der Waals surface area contributed by atoms with E-state index in [-0.39, 0.29) is 30.2 Å². The molecule has 130 valence electrons. The van der Waals surface area contributed by atoms with Crippen molar-refractivity contribution in [3.05, 3.63) is 18.2 Å². The van der Waals surface area contributed by atoms with Gasteiger partial charge in [0.25, 0.3) is 0 Å². The van der Waals surface area contributed by atoms with Gasteiger partial charge in [0.15, 0.2) is 0 Å². The minimum absolute atomic E-state index is 0.00905. The molecule has 1 atom stereocenters. The van der Waals surface area contributed by atoms with E-state index in [1.165, 1.54) is 12.8 Å². The number of carbonyl (C=O) groups excluding carboxylic acids is 2. The summed E-state index contributed by atoms with van der Waals surface area (Å²) in [5, 5.41) is 3.09. The van der Waals surface area contributed by atoms with E-state index in [0.717, 1.165) is 12.8 Å². The lowest BCUT2D eigenvalue weighted by Crippen LogP contribution is -2.38. The van der Waals surface area contributed by atoms with Crippen LogP contribution in [-0.2, 0) is 9.59 Å². The van der Waals surface area contributed by atoms with Crippen LogP contribution in [0, 0.1) is 5.92 Å². The molecule has 1 aliphatic heterocycles. The van der Waals surface area contributed by atoms with Crippen molar-refractivity contribution in [1.29, 1.82) is 0 Å². The average molecular weight is 332 g/mol. The van der Waals surface area contributed by atoms with Crippen LogP contribution in [0.15, 0.2) is 18.2 Å². The molecule has 1 N–H and O–H groups in total. The Hall–Kier alpha value is -2.24. The number of ether oxygens (including phenoxy) is 2. The second-order valence-electron chi connectivity index (χ2n) is 6.43. The van der Waals surface area contributed by atoms with Gasteiger partial charge in [0.05, 0.1) is 25.8 Å². The van der Waals surface area contributed by atoms with Gasteiger partial charge in [-0.2, -0.15) is 0 Å². The molecule has 2 aliphatic rings. The number of methoxy groups -OCH3 is 2. The Bertz CT molecular complexity index is 625. The number of nitrogens with zero attached hydrogens (tertiary/aromatic N) is 1. The van der Waals surface area contributed by atoms with E-state index in [9.17, 15) is 9.59 Å². The third-order valence-electron chi connectivity index (χ3n) is 4.88. The fourth-order valence-electron chi connectivity index (χ4n) is 3.51. The van der Waals surface area contributed by atoms with Crippen LogP contribution in [0.4, 0.5) is 5.69 Å². The zero-order valence-corrected chi connectivity index (χ0v) is 14.2. The summed E-state index contributed by atoms with van der Waals surface area (Å²) >= 11 is 0. The summed E-state index contributed by atoms with van der Waals surface area (Å²) in [6.07, 6.45) is 4.67. The molecule has 1 aliphatic carbocycles. The smallest absolute Gasteiger partial charge is 0.227 e. The summed E-state index contributed by atoms with van der Waals surface area (Å²) in [5.41, 5.74) is 0.680. The van der Waals surface area contributed by atoms with Crippen LogP contribution in [-0.4, -0.2) is 38.6 Å². The van der Waals surface area contributed by atoms with Crippen LogP contribution >= 0.6 is 0 Å². The molecule has 0 spiro atoms. The Kier molecular flexibility index (Phi) is 4.92. The number of hydrogen-bond donors (Lipinski definition) is 1. The first kappa shape index (κ1) is 16.6. The Labute approximate surface area is 142 Å². The Morgan fingerprint density at radius 2 is 1.96 bits per heavy atom. The average Bonchev–Trinajstić information content (AvgIpc) is 3.23. The quantitative estimate of drug-likeness (QED) is 0.897. The molecule has 24 heavy (non-hydrogen) atoms. The molecule has 0 unspecified atom stereocenters. The maximum Gasteiger partial charge on any atom is 0.227 e. The molecule has 6 nitrogen and oxygen atoms in total. The van der Waals surface area contributed by atoms with Crippen LogP contribution in [0.3, 0.4) is 0 Å². The maximum atomic E-state index is 12.4. The van der Waals surface area contributed by atoms with Gasteiger partial charge in [0.2, 0.25) is 11.8 Å². The van der Waals surface area contributed by atoms with Crippen LogP contribution in [0.5, 0.6) is 11.5 Å². The first-order chi connectivity index (χ1) is 11.6. The summed E-state index contributed by atoms with van der Waals surface area (Å²) in [6, 6.07) is 5.61. The van der Waals surface area contributed by atoms with Crippen LogP contribution in [0.2, 0.25) is 0 Å². The monoisotopic (exact) mass is 332 g/mol. The van der Waals surface area contributed by atoms with Crippen LogP contribution in [0.25, 0.3) is 0 Å². The molecule has 1 heterocycles. The fraction of sp³-hybridized carbons (Fsp3) is 0.556. The first-order valence-electron chi connectivity index (χ1n) is 8.45. The minimum atomic E-state index is -0.301. The van der Waals surface area contributed by atoms with Gasteiger partial charge in [0, 0.05) is 25.1 Å². The number of rotatable bonds is 5. The predicted octanol–water partition coefficient (Wildman–Crippen LogP) is 2.12. The second kappa shape index (κ2) is 7.11. The van der Waals surface area contributed by atoms with Gasteiger partial charge in [-0.25, -0.2) is 0 Å². The molecule has 2 fully saturated rings. The van der Waals surface area contributed by atoms with Crippen molar-refractivity contribution in [2.45, 2.75) is 38.1 Å². The number of hydrogen-bond acceptors (Lipinski definition) is 4. The summed E-state index contributed by atoms with van der Waals surface area (Å²) in [5.74, 6) is 0.873. The van der Waals surface area contributed by atoms with E-state index in [1.54, 1.807) is 37.3 Å². The van der Waals surface area contributed by atoms with Crippen molar-refractivity contribution in [3.63, 3.8) is 0 Å². The van der Waals surface area contributed by atoms with Crippen molar-refractivity contribution in [1.82, 2.24) is 5.32 Å². The molecule has 0 bridgehead atoms. The van der Waals surface area contributed by atoms with Gasteiger partial charge < -0.3 is 19.7 Å². The maximum absolute atomic E-state index is 12.4. The highest BCUT2D eigenvalue weighted by molar-refractivity contribution is 6.01. The summed E-state index contributed by atoms with van der Waals surface area (Å²) in [6.45, 7) is 0.389. The SMILES string of the molecule is COc1ccc(N2C[C@H](C(=O)NC3CCCC3)CC2=O)c(OC)c1. The van der Waals surface area contributed by atoms with Gasteiger partial charge in [0.1, 0.15) is 11.5 Å². The number of carbonyl (C=O) groups is 2. The van der Waals surface area contributed by atoms with Crippen LogP contribution in [0.1, 0.15) is 32.1 Å². The first-order valence-corrected chi connectivity index (χ1v) is 8.45. The Balaban J connectivity index is 1.71. The molecule has 1 aromatic carbocycles. The van der Waals surface area contributed by atoms with Crippen molar-refractivity contribution >= 4 is 17.5 Å². The van der Waals surface area contributed by atoms with E-state index in [0.29, 0.717) is 23.7 Å². The molecule has 2 amide bonds. The molecule has 0 aromatic heterocycles. The number of nitrogens with one attached hydrogen (secondary N) is 1. The van der Waals surface area contributed by atoms with Crippen molar-refractivity contribution in [3.8, 4) is 11.5 Å². The molecular weight excluding hydrogens is 308 g/mol.